The molecule has 0 aliphatic rings. The molecule has 0 radical (unpaired) electrons. The molecule has 0 fully saturated rings. The lowest BCUT2D eigenvalue weighted by Gasteiger charge is -2.03. The molecule has 0 saturated carbocycles. The molecule has 0 aliphatic heterocycles. The lowest BCUT2D eigenvalue weighted by atomic mass is 10.3. The lowest BCUT2D eigenvalue weighted by molar-refractivity contribution is -0.384. The number of nitro groups is 2. The number of rotatable bonds is 2. The number of hydrogen-bond acceptors (Lipinski definition) is 6. The molecule has 0 unspecified atom stereocenters. The Hall–Kier alpha value is -1.71. The summed E-state index contributed by atoms with van der Waals surface area (Å²) in [5.41, 5.74) is 9.89. The number of benzene rings is 2. The summed E-state index contributed by atoms with van der Waals surface area (Å²) in [6, 6.07) is 3.44. The first-order chi connectivity index (χ1) is 11.5. The van der Waals surface area contributed by atoms with Crippen LogP contribution in [0.15, 0.2) is 18.2 Å². The highest BCUT2D eigenvalue weighted by molar-refractivity contribution is 6.49. The molecule has 134 valence electrons. The second-order valence-electron chi connectivity index (χ2n) is 4.26. The van der Waals surface area contributed by atoms with Crippen molar-refractivity contribution in [2.24, 2.45) is 0 Å². The van der Waals surface area contributed by atoms with Gasteiger partial charge in [0.05, 0.1) is 35.0 Å². The Morgan fingerprint density at radius 1 is 0.720 bits per heavy atom. The van der Waals surface area contributed by atoms with Gasteiger partial charge in [-0.1, -0.05) is 58.0 Å². The first kappa shape index (κ1) is 21.3. The van der Waals surface area contributed by atoms with Crippen LogP contribution >= 0.6 is 58.0 Å². The number of nitrogen functional groups attached to an aromatic ring is 2. The molecule has 0 bridgehead atoms. The fourth-order valence-corrected chi connectivity index (χ4v) is 2.39. The Labute approximate surface area is 165 Å². The van der Waals surface area contributed by atoms with E-state index >= 15 is 0 Å². The smallest absolute Gasteiger partial charge is 0.295 e. The Balaban J connectivity index is 0.000000251. The highest BCUT2D eigenvalue weighted by Crippen LogP contribution is 2.40. The predicted octanol–water partition coefficient (Wildman–Crippen LogP) is 5.62. The molecule has 0 aliphatic carbocycles. The third-order valence-electron chi connectivity index (χ3n) is 2.64. The van der Waals surface area contributed by atoms with Gasteiger partial charge < -0.3 is 11.5 Å². The molecule has 25 heavy (non-hydrogen) atoms. The van der Waals surface area contributed by atoms with E-state index in [2.05, 4.69) is 0 Å². The number of anilines is 2. The van der Waals surface area contributed by atoms with Crippen LogP contribution in [0.25, 0.3) is 0 Å². The average molecular weight is 448 g/mol. The van der Waals surface area contributed by atoms with Gasteiger partial charge in [-0.25, -0.2) is 0 Å². The molecular weight excluding hydrogens is 441 g/mol. The molecule has 0 spiro atoms. The van der Waals surface area contributed by atoms with Crippen LogP contribution in [-0.2, 0) is 0 Å². The molecule has 2 rings (SSSR count). The van der Waals surface area contributed by atoms with Gasteiger partial charge in [0.1, 0.15) is 11.4 Å². The van der Waals surface area contributed by atoms with E-state index in [4.69, 9.17) is 69.5 Å². The summed E-state index contributed by atoms with van der Waals surface area (Å²) in [5, 5.41) is 21.0. The van der Waals surface area contributed by atoms with Crippen molar-refractivity contribution in [3.63, 3.8) is 0 Å². The molecule has 0 atom stereocenters. The van der Waals surface area contributed by atoms with Crippen LogP contribution in [0.2, 0.25) is 25.1 Å². The number of halogens is 5. The van der Waals surface area contributed by atoms with Crippen molar-refractivity contribution in [2.75, 3.05) is 11.5 Å². The predicted molar refractivity (Wildman–Crippen MR) is 100 cm³/mol. The van der Waals surface area contributed by atoms with Crippen molar-refractivity contribution in [1.29, 1.82) is 0 Å². The van der Waals surface area contributed by atoms with Gasteiger partial charge in [0.2, 0.25) is 0 Å². The Morgan fingerprint density at radius 3 is 1.64 bits per heavy atom. The van der Waals surface area contributed by atoms with Gasteiger partial charge >= 0.3 is 0 Å². The zero-order chi connectivity index (χ0) is 19.5. The van der Waals surface area contributed by atoms with Crippen LogP contribution in [0.5, 0.6) is 0 Å². The van der Waals surface area contributed by atoms with Crippen LogP contribution in [-0.4, -0.2) is 9.85 Å². The van der Waals surface area contributed by atoms with E-state index < -0.39 is 9.85 Å². The maximum absolute atomic E-state index is 10.4. The Kier molecular flexibility index (Phi) is 7.33. The number of nitrogens with zero attached hydrogens (tertiary/aromatic N) is 2. The largest absolute Gasteiger partial charge is 0.393 e. The van der Waals surface area contributed by atoms with E-state index in [-0.39, 0.29) is 47.9 Å². The maximum Gasteiger partial charge on any atom is 0.295 e. The standard InChI is InChI=1S/C6H3Cl3N2O2.C6H4Cl2N2O2/c7-2-1-3(11(12)13)6(10)5(9)4(2)8;7-3-1-5(9)6(10(11)12)2-4(3)8/h1H,10H2;1-2H,9H2. The van der Waals surface area contributed by atoms with Crippen LogP contribution < -0.4 is 11.5 Å². The first-order valence-corrected chi connectivity index (χ1v) is 7.82. The molecule has 2 aromatic carbocycles. The molecule has 8 nitrogen and oxygen atoms in total. The van der Waals surface area contributed by atoms with Crippen LogP contribution in [0, 0.1) is 20.2 Å². The van der Waals surface area contributed by atoms with Gasteiger partial charge in [0.25, 0.3) is 11.4 Å². The Bertz CT molecular complexity index is 862. The minimum atomic E-state index is -0.677. The minimum Gasteiger partial charge on any atom is -0.393 e. The van der Waals surface area contributed by atoms with Gasteiger partial charge in [-0.05, 0) is 6.07 Å². The third kappa shape index (κ3) is 5.13. The van der Waals surface area contributed by atoms with Crippen molar-refractivity contribution in [3.05, 3.63) is 63.5 Å². The van der Waals surface area contributed by atoms with Crippen LogP contribution in [0.4, 0.5) is 22.7 Å². The SMILES string of the molecule is Nc1c([N+](=O)[O-])cc(Cl)c(Cl)c1Cl.Nc1cc(Cl)c(Cl)cc1[N+](=O)[O-]. The van der Waals surface area contributed by atoms with Crippen molar-refractivity contribution in [3.8, 4) is 0 Å². The molecule has 0 aromatic heterocycles. The van der Waals surface area contributed by atoms with Gasteiger partial charge in [0.15, 0.2) is 0 Å². The monoisotopic (exact) mass is 446 g/mol. The van der Waals surface area contributed by atoms with Crippen LogP contribution in [0.1, 0.15) is 0 Å². The van der Waals surface area contributed by atoms with Crippen molar-refractivity contribution in [2.45, 2.75) is 0 Å². The molecule has 0 amide bonds. The quantitative estimate of drug-likeness (QED) is 0.264. The molecular formula is C12H7Cl5N4O4. The topological polar surface area (TPSA) is 138 Å². The zero-order valence-electron chi connectivity index (χ0n) is 11.8. The van der Waals surface area contributed by atoms with Crippen LogP contribution in [0.3, 0.4) is 0 Å². The van der Waals surface area contributed by atoms with Gasteiger partial charge in [-0.15, -0.1) is 0 Å². The van der Waals surface area contributed by atoms with Crippen molar-refractivity contribution >= 4 is 80.8 Å². The zero-order valence-corrected chi connectivity index (χ0v) is 15.6. The first-order valence-electron chi connectivity index (χ1n) is 5.93. The molecule has 13 heteroatoms. The van der Waals surface area contributed by atoms with E-state index in [0.29, 0.717) is 0 Å². The fraction of sp³-hybridized carbons (Fsp3) is 0. The summed E-state index contributed by atoms with van der Waals surface area (Å²) in [6.45, 7) is 0. The average Bonchev–Trinajstić information content (AvgIpc) is 2.52. The number of hydrogen-bond donors (Lipinski definition) is 2. The van der Waals surface area contributed by atoms with E-state index in [1.165, 1.54) is 6.07 Å². The summed E-state index contributed by atoms with van der Waals surface area (Å²) >= 11 is 27.8. The summed E-state index contributed by atoms with van der Waals surface area (Å²) in [4.78, 5) is 19.4. The number of nitrogens with two attached hydrogens (primary N) is 2. The minimum absolute atomic E-state index is 0.00701. The molecule has 0 saturated heterocycles. The van der Waals surface area contributed by atoms with Gasteiger partial charge in [-0.3, -0.25) is 20.2 Å². The highest BCUT2D eigenvalue weighted by atomic mass is 35.5. The van der Waals surface area contributed by atoms with Gasteiger partial charge in [-0.2, -0.15) is 0 Å². The number of nitro benzene ring substituents is 2. The van der Waals surface area contributed by atoms with Gasteiger partial charge in [0, 0.05) is 12.1 Å². The maximum atomic E-state index is 10.4. The summed E-state index contributed by atoms with van der Waals surface area (Å²) in [7, 11) is 0. The van der Waals surface area contributed by atoms with Crippen molar-refractivity contribution < 1.29 is 9.85 Å². The van der Waals surface area contributed by atoms with E-state index in [1.807, 2.05) is 0 Å². The Morgan fingerprint density at radius 2 is 1.16 bits per heavy atom. The fourth-order valence-electron chi connectivity index (χ4n) is 1.46. The summed E-state index contributed by atoms with van der Waals surface area (Å²) < 4.78 is 0. The molecule has 4 N–H and O–H groups in total. The van der Waals surface area contributed by atoms with Crippen molar-refractivity contribution in [1.82, 2.24) is 0 Å². The third-order valence-corrected chi connectivity index (χ3v) is 4.64. The second-order valence-corrected chi connectivity index (χ2v) is 6.24. The normalized spacial score (nSPS) is 9.96. The van der Waals surface area contributed by atoms with E-state index in [1.54, 1.807) is 0 Å². The summed E-state index contributed by atoms with van der Waals surface area (Å²) in [5.74, 6) is 0. The summed E-state index contributed by atoms with van der Waals surface area (Å²) in [6.07, 6.45) is 0. The van der Waals surface area contributed by atoms with E-state index in [0.717, 1.165) is 12.1 Å². The van der Waals surface area contributed by atoms with E-state index in [9.17, 15) is 20.2 Å². The molecule has 0 heterocycles. The lowest BCUT2D eigenvalue weighted by Crippen LogP contribution is -1.96. The second kappa shape index (κ2) is 8.59. The highest BCUT2D eigenvalue weighted by Gasteiger charge is 2.19. The molecule has 2 aromatic rings.